The number of benzene rings is 2. The smallest absolute Gasteiger partial charge is 0.233 e. The normalized spacial score (nSPS) is 14.2. The van der Waals surface area contributed by atoms with Gasteiger partial charge in [-0.25, -0.2) is 4.39 Å². The van der Waals surface area contributed by atoms with Crippen LogP contribution in [0.1, 0.15) is 17.5 Å². The number of carbonyl (C=O) groups is 2. The monoisotopic (exact) mass is 369 g/mol. The Morgan fingerprint density at radius 1 is 1.00 bits per heavy atom. The minimum absolute atomic E-state index is 0.0926. The summed E-state index contributed by atoms with van der Waals surface area (Å²) in [4.78, 5) is 28.4. The first-order valence-electron chi connectivity index (χ1n) is 9.09. The van der Waals surface area contributed by atoms with Crippen molar-refractivity contribution in [1.82, 2.24) is 4.90 Å². The van der Waals surface area contributed by atoms with E-state index in [0.29, 0.717) is 13.1 Å². The number of hydrogen-bond acceptors (Lipinski definition) is 3. The summed E-state index contributed by atoms with van der Waals surface area (Å²) >= 11 is 0. The van der Waals surface area contributed by atoms with E-state index in [2.05, 4.69) is 36.2 Å². The third kappa shape index (κ3) is 4.45. The summed E-state index contributed by atoms with van der Waals surface area (Å²) in [6.45, 7) is 6.79. The maximum Gasteiger partial charge on any atom is 0.233 e. The molecule has 27 heavy (non-hydrogen) atoms. The van der Waals surface area contributed by atoms with E-state index in [1.54, 1.807) is 17.0 Å². The first kappa shape index (κ1) is 18.9. The molecule has 3 rings (SSSR count). The van der Waals surface area contributed by atoms with Gasteiger partial charge >= 0.3 is 0 Å². The minimum atomic E-state index is -0.513. The van der Waals surface area contributed by atoms with Crippen molar-refractivity contribution in [2.75, 3.05) is 36.4 Å². The standard InChI is InChI=1S/C21H24FN3O2/c1-15-6-5-9-19(16(15)2)24-10-12-25(13-11-24)21(27)14-20(26)23-18-8-4-3-7-17(18)22/h3-9H,10-14H2,1-2H3,(H,23,26). The van der Waals surface area contributed by atoms with E-state index >= 15 is 0 Å². The molecule has 2 aromatic carbocycles. The predicted octanol–water partition coefficient (Wildman–Crippen LogP) is 3.12. The van der Waals surface area contributed by atoms with E-state index in [-0.39, 0.29) is 18.0 Å². The second kappa shape index (κ2) is 8.20. The quantitative estimate of drug-likeness (QED) is 0.843. The lowest BCUT2D eigenvalue weighted by Gasteiger charge is -2.37. The molecule has 1 saturated heterocycles. The highest BCUT2D eigenvalue weighted by atomic mass is 19.1. The lowest BCUT2D eigenvalue weighted by molar-refractivity contribution is -0.134. The fraction of sp³-hybridized carbons (Fsp3) is 0.333. The van der Waals surface area contributed by atoms with Crippen LogP contribution in [0.5, 0.6) is 0 Å². The Morgan fingerprint density at radius 3 is 2.41 bits per heavy atom. The van der Waals surface area contributed by atoms with Gasteiger partial charge in [0, 0.05) is 31.9 Å². The Morgan fingerprint density at radius 2 is 1.70 bits per heavy atom. The van der Waals surface area contributed by atoms with Crippen molar-refractivity contribution in [3.8, 4) is 0 Å². The van der Waals surface area contributed by atoms with Crippen LogP contribution in [0.4, 0.5) is 15.8 Å². The van der Waals surface area contributed by atoms with Crippen LogP contribution >= 0.6 is 0 Å². The fourth-order valence-corrected chi connectivity index (χ4v) is 3.28. The number of amides is 2. The summed E-state index contributed by atoms with van der Waals surface area (Å²) in [6.07, 6.45) is -0.280. The largest absolute Gasteiger partial charge is 0.368 e. The number of halogens is 1. The minimum Gasteiger partial charge on any atom is -0.368 e. The Labute approximate surface area is 158 Å². The fourth-order valence-electron chi connectivity index (χ4n) is 3.28. The number of para-hydroxylation sites is 1. The number of piperazine rings is 1. The second-order valence-corrected chi connectivity index (χ2v) is 6.79. The molecule has 0 bridgehead atoms. The lowest BCUT2D eigenvalue weighted by atomic mass is 10.1. The molecule has 0 saturated carbocycles. The SMILES string of the molecule is Cc1cccc(N2CCN(C(=O)CC(=O)Nc3ccccc3F)CC2)c1C. The molecule has 2 amide bonds. The highest BCUT2D eigenvalue weighted by Gasteiger charge is 2.24. The van der Waals surface area contributed by atoms with Crippen LogP contribution in [-0.2, 0) is 9.59 Å². The summed E-state index contributed by atoms with van der Waals surface area (Å²) in [5.74, 6) is -1.24. The van der Waals surface area contributed by atoms with Crippen LogP contribution in [-0.4, -0.2) is 42.9 Å². The molecular formula is C21H24FN3O2. The van der Waals surface area contributed by atoms with Crippen molar-refractivity contribution in [1.29, 1.82) is 0 Å². The van der Waals surface area contributed by atoms with Gasteiger partial charge in [-0.05, 0) is 43.2 Å². The molecule has 0 atom stereocenters. The second-order valence-electron chi connectivity index (χ2n) is 6.79. The molecule has 6 heteroatoms. The molecular weight excluding hydrogens is 345 g/mol. The van der Waals surface area contributed by atoms with E-state index in [4.69, 9.17) is 0 Å². The Bertz CT molecular complexity index is 845. The van der Waals surface area contributed by atoms with Gasteiger partial charge < -0.3 is 15.1 Å². The van der Waals surface area contributed by atoms with Crippen LogP contribution in [0.2, 0.25) is 0 Å². The van der Waals surface area contributed by atoms with Crippen molar-refractivity contribution in [2.24, 2.45) is 0 Å². The predicted molar refractivity (Wildman–Crippen MR) is 104 cm³/mol. The molecule has 0 spiro atoms. The third-order valence-corrected chi connectivity index (χ3v) is 5.01. The third-order valence-electron chi connectivity index (χ3n) is 5.01. The van der Waals surface area contributed by atoms with Gasteiger partial charge in [0.2, 0.25) is 11.8 Å². The van der Waals surface area contributed by atoms with Gasteiger partial charge in [0.1, 0.15) is 12.2 Å². The Kier molecular flexibility index (Phi) is 5.74. The molecule has 0 radical (unpaired) electrons. The molecule has 0 aliphatic carbocycles. The Balaban J connectivity index is 1.53. The van der Waals surface area contributed by atoms with Gasteiger partial charge in [-0.15, -0.1) is 0 Å². The summed E-state index contributed by atoms with van der Waals surface area (Å²) in [7, 11) is 0. The Hall–Kier alpha value is -2.89. The van der Waals surface area contributed by atoms with Gasteiger partial charge in [-0.1, -0.05) is 24.3 Å². The van der Waals surface area contributed by atoms with E-state index < -0.39 is 11.7 Å². The number of anilines is 2. The van der Waals surface area contributed by atoms with E-state index in [1.807, 2.05) is 6.07 Å². The van der Waals surface area contributed by atoms with Crippen molar-refractivity contribution in [3.05, 3.63) is 59.4 Å². The van der Waals surface area contributed by atoms with Gasteiger partial charge in [-0.2, -0.15) is 0 Å². The summed E-state index contributed by atoms with van der Waals surface area (Å²) in [6, 6.07) is 12.2. The number of nitrogens with zero attached hydrogens (tertiary/aromatic N) is 2. The maximum absolute atomic E-state index is 13.6. The topological polar surface area (TPSA) is 52.7 Å². The molecule has 142 valence electrons. The van der Waals surface area contributed by atoms with E-state index in [0.717, 1.165) is 13.1 Å². The highest BCUT2D eigenvalue weighted by Crippen LogP contribution is 2.24. The van der Waals surface area contributed by atoms with Gasteiger partial charge in [0.25, 0.3) is 0 Å². The van der Waals surface area contributed by atoms with Crippen molar-refractivity contribution < 1.29 is 14.0 Å². The zero-order valence-corrected chi connectivity index (χ0v) is 15.7. The first-order chi connectivity index (χ1) is 13.0. The summed E-state index contributed by atoms with van der Waals surface area (Å²) in [5.41, 5.74) is 3.78. The van der Waals surface area contributed by atoms with E-state index in [9.17, 15) is 14.0 Å². The molecule has 1 N–H and O–H groups in total. The first-order valence-corrected chi connectivity index (χ1v) is 9.09. The number of rotatable bonds is 4. The average molecular weight is 369 g/mol. The zero-order chi connectivity index (χ0) is 19.4. The zero-order valence-electron chi connectivity index (χ0n) is 15.7. The lowest BCUT2D eigenvalue weighted by Crippen LogP contribution is -2.49. The molecule has 5 nitrogen and oxygen atoms in total. The van der Waals surface area contributed by atoms with Crippen LogP contribution in [0.3, 0.4) is 0 Å². The molecule has 1 fully saturated rings. The van der Waals surface area contributed by atoms with Crippen molar-refractivity contribution in [3.63, 3.8) is 0 Å². The summed E-state index contributed by atoms with van der Waals surface area (Å²) < 4.78 is 13.6. The molecule has 2 aromatic rings. The average Bonchev–Trinajstić information content (AvgIpc) is 2.66. The van der Waals surface area contributed by atoms with Crippen molar-refractivity contribution >= 4 is 23.2 Å². The number of aryl methyl sites for hydroxylation is 1. The molecule has 1 heterocycles. The molecule has 0 aromatic heterocycles. The van der Waals surface area contributed by atoms with Crippen molar-refractivity contribution in [2.45, 2.75) is 20.3 Å². The van der Waals surface area contributed by atoms with Gasteiger partial charge in [0.05, 0.1) is 5.69 Å². The van der Waals surface area contributed by atoms with Crippen LogP contribution in [0.15, 0.2) is 42.5 Å². The number of nitrogens with one attached hydrogen (secondary N) is 1. The van der Waals surface area contributed by atoms with Crippen LogP contribution in [0.25, 0.3) is 0 Å². The molecule has 1 aliphatic rings. The van der Waals surface area contributed by atoms with Gasteiger partial charge in [0.15, 0.2) is 0 Å². The number of hydrogen-bond donors (Lipinski definition) is 1. The molecule has 1 aliphatic heterocycles. The van der Waals surface area contributed by atoms with Crippen LogP contribution < -0.4 is 10.2 Å². The molecule has 0 unspecified atom stereocenters. The van der Waals surface area contributed by atoms with Gasteiger partial charge in [-0.3, -0.25) is 9.59 Å². The maximum atomic E-state index is 13.6. The van der Waals surface area contributed by atoms with Crippen LogP contribution in [0, 0.1) is 19.7 Å². The number of carbonyl (C=O) groups excluding carboxylic acids is 2. The summed E-state index contributed by atoms with van der Waals surface area (Å²) in [5, 5.41) is 2.46. The highest BCUT2D eigenvalue weighted by molar-refractivity contribution is 6.03. The van der Waals surface area contributed by atoms with E-state index in [1.165, 1.54) is 28.9 Å².